The van der Waals surface area contributed by atoms with Crippen molar-refractivity contribution in [3.05, 3.63) is 59.6 Å². The Labute approximate surface area is 160 Å². The van der Waals surface area contributed by atoms with E-state index >= 15 is 0 Å². The average Bonchev–Trinajstić information content (AvgIpc) is 2.58. The molecule has 0 aromatic heterocycles. The summed E-state index contributed by atoms with van der Waals surface area (Å²) in [6.07, 6.45) is 0. The molecular weight excluding hydrogens is 372 g/mol. The summed E-state index contributed by atoms with van der Waals surface area (Å²) in [5.41, 5.74) is 0. The zero-order valence-corrected chi connectivity index (χ0v) is 15.7. The largest absolute Gasteiger partial charge is 0.426 e. The SMILES string of the molecule is CC(=O)Oc1cc(Sc2ccccc2)c(OC(C)=O)c2ccc(Cl)cc12. The van der Waals surface area contributed by atoms with Crippen LogP contribution < -0.4 is 9.47 Å². The Kier molecular flexibility index (Phi) is 5.49. The first-order valence-corrected chi connectivity index (χ1v) is 8.99. The molecule has 4 nitrogen and oxygen atoms in total. The van der Waals surface area contributed by atoms with Crippen LogP contribution in [0.4, 0.5) is 0 Å². The highest BCUT2D eigenvalue weighted by Crippen LogP contribution is 2.44. The van der Waals surface area contributed by atoms with Crippen molar-refractivity contribution in [1.82, 2.24) is 0 Å². The second-order valence-corrected chi connectivity index (χ2v) is 7.05. The Hall–Kier alpha value is -2.50. The minimum atomic E-state index is -0.442. The van der Waals surface area contributed by atoms with E-state index < -0.39 is 11.9 Å². The van der Waals surface area contributed by atoms with Crippen molar-refractivity contribution in [2.45, 2.75) is 23.6 Å². The van der Waals surface area contributed by atoms with Crippen LogP contribution in [0.1, 0.15) is 13.8 Å². The first kappa shape index (κ1) is 18.3. The number of rotatable bonds is 4. The molecule has 0 saturated carbocycles. The van der Waals surface area contributed by atoms with Crippen molar-refractivity contribution in [3.63, 3.8) is 0 Å². The molecule has 0 aliphatic rings. The number of benzene rings is 3. The van der Waals surface area contributed by atoms with Gasteiger partial charge in [0.25, 0.3) is 0 Å². The fourth-order valence-electron chi connectivity index (χ4n) is 2.49. The zero-order valence-electron chi connectivity index (χ0n) is 14.1. The summed E-state index contributed by atoms with van der Waals surface area (Å²) in [6, 6.07) is 16.5. The molecule has 0 fully saturated rings. The van der Waals surface area contributed by atoms with Crippen molar-refractivity contribution < 1.29 is 19.1 Å². The molecule has 0 saturated heterocycles. The highest BCUT2D eigenvalue weighted by molar-refractivity contribution is 7.99. The van der Waals surface area contributed by atoms with Gasteiger partial charge >= 0.3 is 11.9 Å². The number of esters is 2. The highest BCUT2D eigenvalue weighted by atomic mass is 35.5. The van der Waals surface area contributed by atoms with Gasteiger partial charge in [-0.15, -0.1) is 0 Å². The van der Waals surface area contributed by atoms with Gasteiger partial charge in [0.15, 0.2) is 5.75 Å². The molecule has 3 rings (SSSR count). The lowest BCUT2D eigenvalue weighted by Crippen LogP contribution is -2.06. The summed E-state index contributed by atoms with van der Waals surface area (Å²) in [7, 11) is 0. The second kappa shape index (κ2) is 7.81. The van der Waals surface area contributed by atoms with Gasteiger partial charge in [0.2, 0.25) is 0 Å². The number of hydrogen-bond donors (Lipinski definition) is 0. The van der Waals surface area contributed by atoms with Crippen LogP contribution in [0.15, 0.2) is 64.4 Å². The van der Waals surface area contributed by atoms with Crippen LogP contribution in [0, 0.1) is 0 Å². The summed E-state index contributed by atoms with van der Waals surface area (Å²) in [6.45, 7) is 2.68. The fourth-order valence-corrected chi connectivity index (χ4v) is 3.62. The molecule has 0 unspecified atom stereocenters. The normalized spacial score (nSPS) is 10.6. The second-order valence-electron chi connectivity index (χ2n) is 5.49. The predicted molar refractivity (Wildman–Crippen MR) is 102 cm³/mol. The summed E-state index contributed by atoms with van der Waals surface area (Å²) < 4.78 is 10.9. The molecule has 0 amide bonds. The highest BCUT2D eigenvalue weighted by Gasteiger charge is 2.18. The molecule has 26 heavy (non-hydrogen) atoms. The molecular formula is C20H15ClO4S. The number of hydrogen-bond acceptors (Lipinski definition) is 5. The third-order valence-electron chi connectivity index (χ3n) is 3.45. The number of fused-ring (bicyclic) bond motifs is 1. The van der Waals surface area contributed by atoms with E-state index in [1.54, 1.807) is 24.3 Å². The lowest BCUT2D eigenvalue weighted by Gasteiger charge is -2.15. The zero-order chi connectivity index (χ0) is 18.7. The number of carbonyl (C=O) groups excluding carboxylic acids is 2. The topological polar surface area (TPSA) is 52.6 Å². The van der Waals surface area contributed by atoms with Crippen molar-refractivity contribution >= 4 is 46.1 Å². The molecule has 6 heteroatoms. The predicted octanol–water partition coefficient (Wildman–Crippen LogP) is 5.50. The van der Waals surface area contributed by atoms with Crippen LogP contribution >= 0.6 is 23.4 Å². The lowest BCUT2D eigenvalue weighted by molar-refractivity contribution is -0.133. The van der Waals surface area contributed by atoms with E-state index in [9.17, 15) is 9.59 Å². The molecule has 0 spiro atoms. The lowest BCUT2D eigenvalue weighted by atomic mass is 10.1. The van der Waals surface area contributed by atoms with Gasteiger partial charge in [-0.1, -0.05) is 41.6 Å². The van der Waals surface area contributed by atoms with Gasteiger partial charge in [-0.05, 0) is 36.4 Å². The van der Waals surface area contributed by atoms with Crippen LogP contribution in [0.2, 0.25) is 5.02 Å². The molecule has 0 aliphatic heterocycles. The maximum atomic E-state index is 11.6. The van der Waals surface area contributed by atoms with Crippen molar-refractivity contribution in [3.8, 4) is 11.5 Å². The standard InChI is InChI=1S/C20H15ClO4S/c1-12(22)24-18-11-19(26-15-6-4-3-5-7-15)20(25-13(2)23)16-9-8-14(21)10-17(16)18/h3-11H,1-2H3. The average molecular weight is 387 g/mol. The molecule has 3 aromatic carbocycles. The maximum absolute atomic E-state index is 11.6. The Morgan fingerprint density at radius 3 is 2.23 bits per heavy atom. The Morgan fingerprint density at radius 1 is 0.885 bits per heavy atom. The van der Waals surface area contributed by atoms with Crippen molar-refractivity contribution in [1.29, 1.82) is 0 Å². The van der Waals surface area contributed by atoms with Crippen molar-refractivity contribution in [2.75, 3.05) is 0 Å². The van der Waals surface area contributed by atoms with E-state index in [2.05, 4.69) is 0 Å². The number of carbonyl (C=O) groups is 2. The van der Waals surface area contributed by atoms with Gasteiger partial charge in [0, 0.05) is 34.5 Å². The van der Waals surface area contributed by atoms with Crippen LogP contribution in [0.3, 0.4) is 0 Å². The van der Waals surface area contributed by atoms with E-state index in [0.717, 1.165) is 4.90 Å². The van der Waals surface area contributed by atoms with Gasteiger partial charge in [-0.2, -0.15) is 0 Å². The monoisotopic (exact) mass is 386 g/mol. The maximum Gasteiger partial charge on any atom is 0.308 e. The summed E-state index contributed by atoms with van der Waals surface area (Å²) in [4.78, 5) is 24.8. The molecule has 0 radical (unpaired) electrons. The van der Waals surface area contributed by atoms with Gasteiger partial charge in [-0.25, -0.2) is 0 Å². The van der Waals surface area contributed by atoms with Gasteiger partial charge < -0.3 is 9.47 Å². The third kappa shape index (κ3) is 4.18. The first-order valence-electron chi connectivity index (χ1n) is 7.80. The van der Waals surface area contributed by atoms with E-state index in [1.165, 1.54) is 25.6 Å². The number of halogens is 1. The molecule has 132 valence electrons. The van der Waals surface area contributed by atoms with E-state index in [0.29, 0.717) is 32.2 Å². The minimum Gasteiger partial charge on any atom is -0.426 e. The molecule has 0 heterocycles. The first-order chi connectivity index (χ1) is 12.4. The molecule has 0 N–H and O–H groups in total. The minimum absolute atomic E-state index is 0.365. The molecule has 0 bridgehead atoms. The Balaban J connectivity index is 2.24. The van der Waals surface area contributed by atoms with Crippen LogP contribution in [-0.4, -0.2) is 11.9 Å². The van der Waals surface area contributed by atoms with Gasteiger partial charge in [-0.3, -0.25) is 9.59 Å². The quantitative estimate of drug-likeness (QED) is 0.438. The smallest absolute Gasteiger partial charge is 0.308 e. The van der Waals surface area contributed by atoms with Gasteiger partial charge in [0.1, 0.15) is 5.75 Å². The Morgan fingerprint density at radius 2 is 1.58 bits per heavy atom. The summed E-state index contributed by atoms with van der Waals surface area (Å²) >= 11 is 7.52. The van der Waals surface area contributed by atoms with Crippen LogP contribution in [-0.2, 0) is 9.59 Å². The number of ether oxygens (including phenoxy) is 2. The van der Waals surface area contributed by atoms with Crippen molar-refractivity contribution in [2.24, 2.45) is 0 Å². The Bertz CT molecular complexity index is 986. The summed E-state index contributed by atoms with van der Waals surface area (Å²) in [5.74, 6) is -0.100. The van der Waals surface area contributed by atoms with E-state index in [-0.39, 0.29) is 0 Å². The fraction of sp³-hybridized carbons (Fsp3) is 0.100. The van der Waals surface area contributed by atoms with Gasteiger partial charge in [0.05, 0.1) is 4.90 Å². The molecule has 3 aromatic rings. The summed E-state index contributed by atoms with van der Waals surface area (Å²) in [5, 5.41) is 1.73. The van der Waals surface area contributed by atoms with E-state index in [4.69, 9.17) is 21.1 Å². The van der Waals surface area contributed by atoms with E-state index in [1.807, 2.05) is 30.3 Å². The molecule has 0 atom stereocenters. The molecule has 0 aliphatic carbocycles. The van der Waals surface area contributed by atoms with Crippen LogP contribution in [0.5, 0.6) is 11.5 Å². The van der Waals surface area contributed by atoms with Crippen LogP contribution in [0.25, 0.3) is 10.8 Å². The third-order valence-corrected chi connectivity index (χ3v) is 4.71.